The Morgan fingerprint density at radius 2 is 1.83 bits per heavy atom. The molecule has 5 nitrogen and oxygen atoms in total. The number of benzene rings is 2. The largest absolute Gasteiger partial charge is 0.504 e. The standard InChI is InChI=1S/C18H15NO4S/c1-11-3-6-13(7-4-11)19-17(21)16(24-18(19)22)10-12-5-8-14(20)15(9-12)23-2/h3-10,20H,1-2H3. The molecular weight excluding hydrogens is 326 g/mol. The number of carbonyl (C=O) groups excluding carboxylic acids is 2. The highest BCUT2D eigenvalue weighted by Crippen LogP contribution is 2.36. The van der Waals surface area contributed by atoms with Crippen molar-refractivity contribution in [3.8, 4) is 11.5 Å². The highest BCUT2D eigenvalue weighted by molar-refractivity contribution is 8.19. The number of aryl methyl sites for hydroxylation is 1. The molecule has 2 amide bonds. The Hall–Kier alpha value is -2.73. The summed E-state index contributed by atoms with van der Waals surface area (Å²) in [5.41, 5.74) is 2.27. The van der Waals surface area contributed by atoms with Crippen LogP contribution in [0.25, 0.3) is 6.08 Å². The lowest BCUT2D eigenvalue weighted by atomic mass is 10.1. The number of thioether (sulfide) groups is 1. The van der Waals surface area contributed by atoms with Crippen LogP contribution < -0.4 is 9.64 Å². The molecule has 0 aliphatic carbocycles. The average molecular weight is 341 g/mol. The molecule has 6 heteroatoms. The van der Waals surface area contributed by atoms with Gasteiger partial charge >= 0.3 is 0 Å². The molecule has 0 spiro atoms. The van der Waals surface area contributed by atoms with Crippen molar-refractivity contribution in [2.45, 2.75) is 6.92 Å². The highest BCUT2D eigenvalue weighted by Gasteiger charge is 2.36. The van der Waals surface area contributed by atoms with Gasteiger partial charge in [-0.2, -0.15) is 0 Å². The third kappa shape index (κ3) is 3.00. The van der Waals surface area contributed by atoms with Crippen LogP contribution in [0.5, 0.6) is 11.5 Å². The summed E-state index contributed by atoms with van der Waals surface area (Å²) in [6.07, 6.45) is 1.61. The van der Waals surface area contributed by atoms with E-state index in [1.165, 1.54) is 13.2 Å². The summed E-state index contributed by atoms with van der Waals surface area (Å²) in [6.45, 7) is 1.94. The summed E-state index contributed by atoms with van der Waals surface area (Å²) in [6, 6.07) is 11.9. The first-order chi connectivity index (χ1) is 11.5. The van der Waals surface area contributed by atoms with Gasteiger partial charge in [-0.05, 0) is 54.6 Å². The maximum Gasteiger partial charge on any atom is 0.298 e. The molecule has 1 saturated heterocycles. The number of methoxy groups -OCH3 is 1. The number of anilines is 1. The van der Waals surface area contributed by atoms with Crippen molar-refractivity contribution in [3.63, 3.8) is 0 Å². The SMILES string of the molecule is COc1cc(C=C2SC(=O)N(c3ccc(C)cc3)C2=O)ccc1O. The first-order valence-corrected chi connectivity index (χ1v) is 8.03. The fourth-order valence-electron chi connectivity index (χ4n) is 2.32. The fraction of sp³-hybridized carbons (Fsp3) is 0.111. The normalized spacial score (nSPS) is 16.1. The number of phenolic OH excluding ortho intramolecular Hbond substituents is 1. The summed E-state index contributed by atoms with van der Waals surface area (Å²) >= 11 is 0.889. The number of carbonyl (C=O) groups is 2. The summed E-state index contributed by atoms with van der Waals surface area (Å²) in [7, 11) is 1.45. The molecule has 0 atom stereocenters. The van der Waals surface area contributed by atoms with Crippen LogP contribution in [0.1, 0.15) is 11.1 Å². The van der Waals surface area contributed by atoms with E-state index in [0.29, 0.717) is 21.9 Å². The van der Waals surface area contributed by atoms with Gasteiger partial charge in [-0.25, -0.2) is 4.90 Å². The number of amides is 2. The van der Waals surface area contributed by atoms with Gasteiger partial charge in [0, 0.05) is 0 Å². The van der Waals surface area contributed by atoms with E-state index in [1.54, 1.807) is 30.3 Å². The molecule has 122 valence electrons. The summed E-state index contributed by atoms with van der Waals surface area (Å²) in [5.74, 6) is -0.0372. The summed E-state index contributed by atoms with van der Waals surface area (Å²) < 4.78 is 5.05. The van der Waals surface area contributed by atoms with Crippen molar-refractivity contribution in [1.82, 2.24) is 0 Å². The van der Waals surface area contributed by atoms with Gasteiger partial charge in [0.25, 0.3) is 11.1 Å². The van der Waals surface area contributed by atoms with Gasteiger partial charge in [0.1, 0.15) is 0 Å². The number of hydrogen-bond acceptors (Lipinski definition) is 5. The zero-order valence-corrected chi connectivity index (χ0v) is 14.0. The van der Waals surface area contributed by atoms with Crippen LogP contribution in [0, 0.1) is 6.92 Å². The van der Waals surface area contributed by atoms with Crippen LogP contribution >= 0.6 is 11.8 Å². The molecule has 1 fully saturated rings. The van der Waals surface area contributed by atoms with Gasteiger partial charge in [0.2, 0.25) is 0 Å². The predicted octanol–water partition coefficient (Wildman–Crippen LogP) is 3.95. The Labute approximate surface area is 143 Å². The molecule has 0 radical (unpaired) electrons. The van der Waals surface area contributed by atoms with E-state index in [2.05, 4.69) is 0 Å². The minimum atomic E-state index is -0.360. The van der Waals surface area contributed by atoms with Crippen LogP contribution in [-0.4, -0.2) is 23.4 Å². The van der Waals surface area contributed by atoms with Crippen LogP contribution in [0.2, 0.25) is 0 Å². The molecule has 2 aromatic rings. The van der Waals surface area contributed by atoms with E-state index in [-0.39, 0.29) is 16.9 Å². The molecular formula is C18H15NO4S. The first-order valence-electron chi connectivity index (χ1n) is 7.21. The Bertz CT molecular complexity index is 843. The monoisotopic (exact) mass is 341 g/mol. The second-order valence-corrected chi connectivity index (χ2v) is 6.28. The van der Waals surface area contributed by atoms with Gasteiger partial charge in [-0.1, -0.05) is 23.8 Å². The van der Waals surface area contributed by atoms with Crippen LogP contribution in [0.4, 0.5) is 10.5 Å². The first kappa shape index (κ1) is 16.1. The second-order valence-electron chi connectivity index (χ2n) is 5.28. The van der Waals surface area contributed by atoms with E-state index in [9.17, 15) is 14.7 Å². The fourth-order valence-corrected chi connectivity index (χ4v) is 3.16. The smallest absolute Gasteiger partial charge is 0.298 e. The maximum atomic E-state index is 12.6. The molecule has 1 aliphatic heterocycles. The molecule has 2 aromatic carbocycles. The molecule has 1 N–H and O–H groups in total. The van der Waals surface area contributed by atoms with Crippen LogP contribution in [-0.2, 0) is 4.79 Å². The minimum Gasteiger partial charge on any atom is -0.504 e. The van der Waals surface area contributed by atoms with Crippen molar-refractivity contribution in [1.29, 1.82) is 0 Å². The number of rotatable bonds is 3. The molecule has 0 bridgehead atoms. The molecule has 24 heavy (non-hydrogen) atoms. The lowest BCUT2D eigenvalue weighted by Gasteiger charge is -2.12. The molecule has 3 rings (SSSR count). The zero-order chi connectivity index (χ0) is 17.3. The highest BCUT2D eigenvalue weighted by atomic mass is 32.2. The van der Waals surface area contributed by atoms with E-state index < -0.39 is 0 Å². The molecule has 1 heterocycles. The third-order valence-electron chi connectivity index (χ3n) is 3.59. The van der Waals surface area contributed by atoms with Gasteiger partial charge in [-0.15, -0.1) is 0 Å². The van der Waals surface area contributed by atoms with Crippen molar-refractivity contribution in [3.05, 3.63) is 58.5 Å². The van der Waals surface area contributed by atoms with Crippen molar-refractivity contribution in [2.75, 3.05) is 12.0 Å². The van der Waals surface area contributed by atoms with Crippen molar-refractivity contribution >= 4 is 34.7 Å². The van der Waals surface area contributed by atoms with E-state index in [4.69, 9.17) is 4.74 Å². The van der Waals surface area contributed by atoms with Crippen molar-refractivity contribution < 1.29 is 19.4 Å². The van der Waals surface area contributed by atoms with Gasteiger partial charge in [0.15, 0.2) is 11.5 Å². The molecule has 1 aliphatic rings. The predicted molar refractivity (Wildman–Crippen MR) is 94.3 cm³/mol. The van der Waals surface area contributed by atoms with Crippen LogP contribution in [0.15, 0.2) is 47.4 Å². The number of ether oxygens (including phenoxy) is 1. The Morgan fingerprint density at radius 3 is 2.50 bits per heavy atom. The van der Waals surface area contributed by atoms with Crippen LogP contribution in [0.3, 0.4) is 0 Å². The lowest BCUT2D eigenvalue weighted by molar-refractivity contribution is -0.113. The average Bonchev–Trinajstić information content (AvgIpc) is 2.84. The molecule has 0 unspecified atom stereocenters. The topological polar surface area (TPSA) is 66.8 Å². The van der Waals surface area contributed by atoms with Gasteiger partial charge in [-0.3, -0.25) is 9.59 Å². The number of aromatic hydroxyl groups is 1. The summed E-state index contributed by atoms with van der Waals surface area (Å²) in [4.78, 5) is 26.3. The third-order valence-corrected chi connectivity index (χ3v) is 4.46. The van der Waals surface area contributed by atoms with Gasteiger partial charge in [0.05, 0.1) is 17.7 Å². The number of imide groups is 1. The maximum absolute atomic E-state index is 12.6. The number of nitrogens with zero attached hydrogens (tertiary/aromatic N) is 1. The summed E-state index contributed by atoms with van der Waals surface area (Å²) in [5, 5.41) is 9.29. The van der Waals surface area contributed by atoms with E-state index >= 15 is 0 Å². The van der Waals surface area contributed by atoms with E-state index in [0.717, 1.165) is 22.2 Å². The Morgan fingerprint density at radius 1 is 1.12 bits per heavy atom. The van der Waals surface area contributed by atoms with Crippen molar-refractivity contribution in [2.24, 2.45) is 0 Å². The zero-order valence-electron chi connectivity index (χ0n) is 13.1. The number of phenols is 1. The Kier molecular flexibility index (Phi) is 4.31. The minimum absolute atomic E-state index is 0.0161. The van der Waals surface area contributed by atoms with E-state index in [1.807, 2.05) is 19.1 Å². The quantitative estimate of drug-likeness (QED) is 0.856. The lowest BCUT2D eigenvalue weighted by Crippen LogP contribution is -2.27. The number of hydrogen-bond donors (Lipinski definition) is 1. The Balaban J connectivity index is 1.92. The van der Waals surface area contributed by atoms with Gasteiger partial charge < -0.3 is 9.84 Å². The second kappa shape index (κ2) is 6.41. The molecule has 0 aromatic heterocycles. The molecule has 0 saturated carbocycles.